The van der Waals surface area contributed by atoms with Crippen LogP contribution in [0.15, 0.2) is 46.0 Å². The van der Waals surface area contributed by atoms with Crippen molar-refractivity contribution in [3.05, 3.63) is 52.2 Å². The quantitative estimate of drug-likeness (QED) is 0.707. The molecule has 23 heavy (non-hydrogen) atoms. The molecule has 2 rings (SSSR count). The zero-order chi connectivity index (χ0) is 16.7. The average Bonchev–Trinajstić information content (AvgIpc) is 3.03. The van der Waals surface area contributed by atoms with Gasteiger partial charge in [0.15, 0.2) is 0 Å². The molecule has 124 valence electrons. The number of carbonyl (C=O) groups excluding carboxylic acids is 1. The third-order valence-electron chi connectivity index (χ3n) is 3.33. The molecule has 1 aromatic heterocycles. The first kappa shape index (κ1) is 18.0. The molecule has 0 fully saturated rings. The van der Waals surface area contributed by atoms with E-state index in [2.05, 4.69) is 31.3 Å². The van der Waals surface area contributed by atoms with E-state index in [9.17, 15) is 9.90 Å². The molecule has 1 amide bonds. The maximum atomic E-state index is 11.9. The molecule has 2 aromatic rings. The van der Waals surface area contributed by atoms with Gasteiger partial charge in [-0.2, -0.15) is 11.3 Å². The van der Waals surface area contributed by atoms with Crippen molar-refractivity contribution in [3.63, 3.8) is 0 Å². The lowest BCUT2D eigenvalue weighted by molar-refractivity contribution is -0.120. The fourth-order valence-corrected chi connectivity index (χ4v) is 3.73. The molecule has 0 unspecified atom stereocenters. The number of carbonyl (C=O) groups is 1. The minimum atomic E-state index is -0.506. The minimum absolute atomic E-state index is 0.00761. The van der Waals surface area contributed by atoms with Gasteiger partial charge in [-0.1, -0.05) is 26.0 Å². The highest BCUT2D eigenvalue weighted by Gasteiger charge is 2.09. The van der Waals surface area contributed by atoms with Crippen molar-refractivity contribution in [1.82, 2.24) is 5.32 Å². The van der Waals surface area contributed by atoms with Gasteiger partial charge in [-0.05, 0) is 46.5 Å². The van der Waals surface area contributed by atoms with E-state index in [1.54, 1.807) is 11.3 Å². The van der Waals surface area contributed by atoms with E-state index in [1.807, 2.05) is 40.7 Å². The zero-order valence-corrected chi connectivity index (χ0v) is 15.1. The number of aliphatic hydroxyl groups excluding tert-OH is 1. The van der Waals surface area contributed by atoms with Crippen molar-refractivity contribution < 1.29 is 9.90 Å². The van der Waals surface area contributed by atoms with Gasteiger partial charge < -0.3 is 10.4 Å². The first-order valence-corrected chi connectivity index (χ1v) is 9.59. The van der Waals surface area contributed by atoms with Crippen LogP contribution in [-0.4, -0.2) is 22.8 Å². The predicted octanol–water partition coefficient (Wildman–Crippen LogP) is 4.03. The second kappa shape index (κ2) is 9.11. The fraction of sp³-hybridized carbons (Fsp3) is 0.389. The number of rotatable bonds is 8. The molecular formula is C18H23NO2S2. The van der Waals surface area contributed by atoms with Crippen LogP contribution in [0.1, 0.15) is 37.5 Å². The summed E-state index contributed by atoms with van der Waals surface area (Å²) in [6.07, 6.45) is 0.405. The molecule has 3 nitrogen and oxygen atoms in total. The summed E-state index contributed by atoms with van der Waals surface area (Å²) in [5.74, 6) is -0.00761. The minimum Gasteiger partial charge on any atom is -0.388 e. The van der Waals surface area contributed by atoms with Crippen LogP contribution >= 0.6 is 23.1 Å². The Morgan fingerprint density at radius 3 is 2.61 bits per heavy atom. The van der Waals surface area contributed by atoms with Crippen LogP contribution in [0.3, 0.4) is 0 Å². The highest BCUT2D eigenvalue weighted by atomic mass is 32.2. The van der Waals surface area contributed by atoms with Gasteiger partial charge in [-0.15, -0.1) is 11.8 Å². The molecule has 0 aliphatic rings. The van der Waals surface area contributed by atoms with Gasteiger partial charge in [0.05, 0.1) is 12.5 Å². The number of aliphatic hydroxyl groups is 1. The molecule has 0 spiro atoms. The summed E-state index contributed by atoms with van der Waals surface area (Å²) in [5, 5.41) is 17.3. The van der Waals surface area contributed by atoms with E-state index in [4.69, 9.17) is 0 Å². The average molecular weight is 350 g/mol. The van der Waals surface area contributed by atoms with Crippen LogP contribution in [0.2, 0.25) is 0 Å². The Bertz CT molecular complexity index is 594. The van der Waals surface area contributed by atoms with E-state index in [0.29, 0.717) is 24.6 Å². The number of thioether (sulfide) groups is 1. The highest BCUT2D eigenvalue weighted by molar-refractivity contribution is 7.99. The first-order chi connectivity index (χ1) is 11.0. The summed E-state index contributed by atoms with van der Waals surface area (Å²) in [4.78, 5) is 13.2. The van der Waals surface area contributed by atoms with Crippen molar-refractivity contribution in [3.8, 4) is 0 Å². The molecule has 0 saturated heterocycles. The summed E-state index contributed by atoms with van der Waals surface area (Å²) in [6, 6.07) is 10.0. The number of hydrogen-bond acceptors (Lipinski definition) is 4. The van der Waals surface area contributed by atoms with Gasteiger partial charge in [0.25, 0.3) is 0 Å². The lowest BCUT2D eigenvalue weighted by Crippen LogP contribution is -2.27. The largest absolute Gasteiger partial charge is 0.388 e. The van der Waals surface area contributed by atoms with Crippen LogP contribution in [0.25, 0.3) is 0 Å². The Hall–Kier alpha value is -1.30. The monoisotopic (exact) mass is 349 g/mol. The Labute approximate surface area is 146 Å². The number of nitrogens with one attached hydrogen (secondary N) is 1. The van der Waals surface area contributed by atoms with Crippen molar-refractivity contribution in [2.24, 2.45) is 0 Å². The van der Waals surface area contributed by atoms with Gasteiger partial charge in [-0.3, -0.25) is 4.79 Å². The third kappa shape index (κ3) is 6.37. The lowest BCUT2D eigenvalue weighted by Gasteiger charge is -2.10. The number of thiophene rings is 1. The molecular weight excluding hydrogens is 326 g/mol. The second-order valence-electron chi connectivity index (χ2n) is 5.70. The molecule has 1 aromatic carbocycles. The van der Waals surface area contributed by atoms with Crippen molar-refractivity contribution in [1.29, 1.82) is 0 Å². The maximum absolute atomic E-state index is 11.9. The molecule has 0 radical (unpaired) electrons. The standard InChI is InChI=1S/C18H23NO2S2/c1-13(2)23-16-5-3-14(4-6-16)11-18(21)19-9-7-17(20)15-8-10-22-12-15/h3-6,8,10,12-13,17,20H,7,9,11H2,1-2H3,(H,19,21)/t17-/m1/s1. The highest BCUT2D eigenvalue weighted by Crippen LogP contribution is 2.23. The molecule has 0 aliphatic heterocycles. The maximum Gasteiger partial charge on any atom is 0.224 e. The molecule has 0 bridgehead atoms. The summed E-state index contributed by atoms with van der Waals surface area (Å²) in [6.45, 7) is 4.81. The van der Waals surface area contributed by atoms with E-state index in [0.717, 1.165) is 11.1 Å². The summed E-state index contributed by atoms with van der Waals surface area (Å²) in [5.41, 5.74) is 1.93. The fourth-order valence-electron chi connectivity index (χ4n) is 2.19. The predicted molar refractivity (Wildman–Crippen MR) is 98.0 cm³/mol. The first-order valence-electron chi connectivity index (χ1n) is 7.77. The Morgan fingerprint density at radius 1 is 1.26 bits per heavy atom. The van der Waals surface area contributed by atoms with E-state index >= 15 is 0 Å². The number of amides is 1. The van der Waals surface area contributed by atoms with Crippen molar-refractivity contribution in [2.75, 3.05) is 6.54 Å². The molecule has 1 atom stereocenters. The topological polar surface area (TPSA) is 49.3 Å². The molecule has 1 heterocycles. The van der Waals surface area contributed by atoms with Gasteiger partial charge in [0, 0.05) is 16.7 Å². The third-order valence-corrected chi connectivity index (χ3v) is 5.04. The molecule has 0 saturated carbocycles. The van der Waals surface area contributed by atoms with E-state index in [1.165, 1.54) is 4.90 Å². The van der Waals surface area contributed by atoms with Crippen molar-refractivity contribution >= 4 is 29.0 Å². The van der Waals surface area contributed by atoms with Crippen LogP contribution in [0.5, 0.6) is 0 Å². The SMILES string of the molecule is CC(C)Sc1ccc(CC(=O)NCC[C@@H](O)c2ccsc2)cc1. The summed E-state index contributed by atoms with van der Waals surface area (Å²) >= 11 is 3.38. The van der Waals surface area contributed by atoms with Gasteiger partial charge in [0.1, 0.15) is 0 Å². The number of hydrogen-bond donors (Lipinski definition) is 2. The summed E-state index contributed by atoms with van der Waals surface area (Å²) in [7, 11) is 0. The zero-order valence-electron chi connectivity index (χ0n) is 13.5. The normalized spacial score (nSPS) is 12.3. The second-order valence-corrected chi connectivity index (χ2v) is 8.13. The van der Waals surface area contributed by atoms with E-state index in [-0.39, 0.29) is 5.91 Å². The van der Waals surface area contributed by atoms with Gasteiger partial charge >= 0.3 is 0 Å². The Balaban J connectivity index is 1.72. The van der Waals surface area contributed by atoms with Crippen LogP contribution < -0.4 is 5.32 Å². The van der Waals surface area contributed by atoms with Gasteiger partial charge in [0.2, 0.25) is 5.91 Å². The molecule has 5 heteroatoms. The summed E-state index contributed by atoms with van der Waals surface area (Å²) < 4.78 is 0. The Morgan fingerprint density at radius 2 is 2.00 bits per heavy atom. The lowest BCUT2D eigenvalue weighted by atomic mass is 10.1. The van der Waals surface area contributed by atoms with Crippen LogP contribution in [0, 0.1) is 0 Å². The number of benzene rings is 1. The van der Waals surface area contributed by atoms with E-state index < -0.39 is 6.10 Å². The van der Waals surface area contributed by atoms with Crippen LogP contribution in [-0.2, 0) is 11.2 Å². The van der Waals surface area contributed by atoms with Crippen molar-refractivity contribution in [2.45, 2.75) is 42.9 Å². The molecule has 0 aliphatic carbocycles. The molecule has 2 N–H and O–H groups in total. The smallest absolute Gasteiger partial charge is 0.224 e. The van der Waals surface area contributed by atoms with Gasteiger partial charge in [-0.25, -0.2) is 0 Å². The van der Waals surface area contributed by atoms with Crippen LogP contribution in [0.4, 0.5) is 0 Å². The Kier molecular flexibility index (Phi) is 7.15.